The molecule has 100 valence electrons. The van der Waals surface area contributed by atoms with E-state index in [1.54, 1.807) is 0 Å². The summed E-state index contributed by atoms with van der Waals surface area (Å²) in [4.78, 5) is 0. The Morgan fingerprint density at radius 2 is 2.12 bits per heavy atom. The molecule has 1 unspecified atom stereocenters. The SMILES string of the molecule is CCC1(CNCCCC2CCNC2)CCCC1. The van der Waals surface area contributed by atoms with Crippen molar-refractivity contribution in [2.45, 2.75) is 58.3 Å². The summed E-state index contributed by atoms with van der Waals surface area (Å²) in [6, 6.07) is 0. The molecule has 17 heavy (non-hydrogen) atoms. The zero-order chi connectivity index (χ0) is 12.0. The molecule has 2 N–H and O–H groups in total. The Morgan fingerprint density at radius 1 is 1.29 bits per heavy atom. The first-order chi connectivity index (χ1) is 8.35. The van der Waals surface area contributed by atoms with Crippen molar-refractivity contribution in [2.75, 3.05) is 26.2 Å². The van der Waals surface area contributed by atoms with Crippen molar-refractivity contribution in [2.24, 2.45) is 11.3 Å². The molecule has 0 aromatic heterocycles. The molecule has 1 atom stereocenters. The molecule has 0 bridgehead atoms. The van der Waals surface area contributed by atoms with E-state index in [-0.39, 0.29) is 0 Å². The van der Waals surface area contributed by atoms with E-state index < -0.39 is 0 Å². The van der Waals surface area contributed by atoms with Crippen molar-refractivity contribution in [3.8, 4) is 0 Å². The zero-order valence-corrected chi connectivity index (χ0v) is 11.6. The lowest BCUT2D eigenvalue weighted by Gasteiger charge is -2.27. The van der Waals surface area contributed by atoms with Crippen molar-refractivity contribution in [3.63, 3.8) is 0 Å². The fraction of sp³-hybridized carbons (Fsp3) is 1.00. The number of hydrogen-bond acceptors (Lipinski definition) is 2. The molecule has 0 radical (unpaired) electrons. The van der Waals surface area contributed by atoms with Crippen LogP contribution >= 0.6 is 0 Å². The van der Waals surface area contributed by atoms with Gasteiger partial charge in [-0.1, -0.05) is 19.8 Å². The second-order valence-corrected chi connectivity index (χ2v) is 6.24. The Morgan fingerprint density at radius 3 is 2.76 bits per heavy atom. The van der Waals surface area contributed by atoms with Gasteiger partial charge in [0.15, 0.2) is 0 Å². The second-order valence-electron chi connectivity index (χ2n) is 6.24. The fourth-order valence-electron chi connectivity index (χ4n) is 3.61. The van der Waals surface area contributed by atoms with Gasteiger partial charge in [-0.15, -0.1) is 0 Å². The molecule has 1 aliphatic heterocycles. The maximum atomic E-state index is 3.72. The average Bonchev–Trinajstić information content (AvgIpc) is 3.00. The highest BCUT2D eigenvalue weighted by molar-refractivity contribution is 4.85. The summed E-state index contributed by atoms with van der Waals surface area (Å²) in [6.45, 7) is 7.39. The molecule has 2 heteroatoms. The van der Waals surface area contributed by atoms with E-state index in [0.717, 1.165) is 5.92 Å². The molecule has 0 aromatic rings. The molecular weight excluding hydrogens is 208 g/mol. The zero-order valence-electron chi connectivity index (χ0n) is 11.6. The number of hydrogen-bond donors (Lipinski definition) is 2. The van der Waals surface area contributed by atoms with Gasteiger partial charge in [-0.3, -0.25) is 0 Å². The van der Waals surface area contributed by atoms with Crippen LogP contribution in [0.5, 0.6) is 0 Å². The van der Waals surface area contributed by atoms with Crippen molar-refractivity contribution >= 4 is 0 Å². The van der Waals surface area contributed by atoms with Gasteiger partial charge in [0.1, 0.15) is 0 Å². The summed E-state index contributed by atoms with van der Waals surface area (Å²) < 4.78 is 0. The molecule has 2 aliphatic rings. The molecule has 2 fully saturated rings. The van der Waals surface area contributed by atoms with Crippen LogP contribution in [0.3, 0.4) is 0 Å². The van der Waals surface area contributed by atoms with Crippen LogP contribution < -0.4 is 10.6 Å². The Balaban J connectivity index is 1.53. The van der Waals surface area contributed by atoms with Gasteiger partial charge in [0.05, 0.1) is 0 Å². The molecule has 1 saturated heterocycles. The van der Waals surface area contributed by atoms with Crippen molar-refractivity contribution in [1.29, 1.82) is 0 Å². The number of rotatable bonds is 7. The molecule has 0 spiro atoms. The third kappa shape index (κ3) is 3.96. The van der Waals surface area contributed by atoms with Gasteiger partial charge in [0.25, 0.3) is 0 Å². The van der Waals surface area contributed by atoms with Gasteiger partial charge in [-0.2, -0.15) is 0 Å². The first-order valence-electron chi connectivity index (χ1n) is 7.76. The van der Waals surface area contributed by atoms with Gasteiger partial charge < -0.3 is 10.6 Å². The van der Waals surface area contributed by atoms with E-state index >= 15 is 0 Å². The molecule has 2 nitrogen and oxygen atoms in total. The van der Waals surface area contributed by atoms with Crippen molar-refractivity contribution < 1.29 is 0 Å². The summed E-state index contributed by atoms with van der Waals surface area (Å²) in [7, 11) is 0. The summed E-state index contributed by atoms with van der Waals surface area (Å²) in [5, 5.41) is 7.18. The van der Waals surface area contributed by atoms with E-state index in [1.165, 1.54) is 77.5 Å². The lowest BCUT2D eigenvalue weighted by molar-refractivity contribution is 0.267. The largest absolute Gasteiger partial charge is 0.316 e. The summed E-state index contributed by atoms with van der Waals surface area (Å²) in [6.07, 6.45) is 11.4. The first-order valence-corrected chi connectivity index (χ1v) is 7.76. The van der Waals surface area contributed by atoms with Gasteiger partial charge in [-0.25, -0.2) is 0 Å². The Kier molecular flexibility index (Phi) is 5.30. The lowest BCUT2D eigenvalue weighted by atomic mass is 9.83. The van der Waals surface area contributed by atoms with E-state index in [4.69, 9.17) is 0 Å². The van der Waals surface area contributed by atoms with Crippen LogP contribution in [-0.2, 0) is 0 Å². The van der Waals surface area contributed by atoms with E-state index in [9.17, 15) is 0 Å². The monoisotopic (exact) mass is 238 g/mol. The molecular formula is C15H30N2. The standard InChI is InChI=1S/C15H30N2/c1-2-15(8-3-4-9-15)13-17-10-5-6-14-7-11-16-12-14/h14,16-17H,2-13H2,1H3. The predicted octanol–water partition coefficient (Wildman–Crippen LogP) is 2.94. The van der Waals surface area contributed by atoms with E-state index in [2.05, 4.69) is 17.6 Å². The highest BCUT2D eigenvalue weighted by atomic mass is 14.9. The lowest BCUT2D eigenvalue weighted by Crippen LogP contribution is -2.32. The molecule has 0 aromatic carbocycles. The van der Waals surface area contributed by atoms with Crippen LogP contribution in [0.2, 0.25) is 0 Å². The highest BCUT2D eigenvalue weighted by Crippen LogP contribution is 2.40. The molecule has 2 rings (SSSR count). The average molecular weight is 238 g/mol. The smallest absolute Gasteiger partial charge is 0.000770 e. The minimum absolute atomic E-state index is 0.662. The van der Waals surface area contributed by atoms with Gasteiger partial charge >= 0.3 is 0 Å². The van der Waals surface area contributed by atoms with Gasteiger partial charge in [0.2, 0.25) is 0 Å². The Hall–Kier alpha value is -0.0800. The highest BCUT2D eigenvalue weighted by Gasteiger charge is 2.31. The van der Waals surface area contributed by atoms with Crippen LogP contribution in [0.25, 0.3) is 0 Å². The van der Waals surface area contributed by atoms with Gasteiger partial charge in [0, 0.05) is 6.54 Å². The maximum Gasteiger partial charge on any atom is 0.000770 e. The van der Waals surface area contributed by atoms with Crippen molar-refractivity contribution in [1.82, 2.24) is 10.6 Å². The summed E-state index contributed by atoms with van der Waals surface area (Å²) in [5.74, 6) is 0.961. The van der Waals surface area contributed by atoms with Crippen LogP contribution in [0, 0.1) is 11.3 Å². The Labute approximate surface area is 107 Å². The van der Waals surface area contributed by atoms with E-state index in [0.29, 0.717) is 5.41 Å². The summed E-state index contributed by atoms with van der Waals surface area (Å²) in [5.41, 5.74) is 0.662. The Bertz CT molecular complexity index is 203. The quantitative estimate of drug-likeness (QED) is 0.666. The molecule has 1 saturated carbocycles. The normalized spacial score (nSPS) is 27.7. The second kappa shape index (κ2) is 6.75. The third-order valence-electron chi connectivity index (χ3n) is 5.04. The minimum Gasteiger partial charge on any atom is -0.316 e. The third-order valence-corrected chi connectivity index (χ3v) is 5.04. The van der Waals surface area contributed by atoms with Crippen LogP contribution in [0.1, 0.15) is 58.3 Å². The van der Waals surface area contributed by atoms with Crippen LogP contribution in [-0.4, -0.2) is 26.2 Å². The topological polar surface area (TPSA) is 24.1 Å². The first kappa shape index (κ1) is 13.4. The molecule has 1 aliphatic carbocycles. The number of nitrogens with one attached hydrogen (secondary N) is 2. The van der Waals surface area contributed by atoms with Gasteiger partial charge in [-0.05, 0) is 69.5 Å². The van der Waals surface area contributed by atoms with E-state index in [1.807, 2.05) is 0 Å². The molecule has 1 heterocycles. The maximum absolute atomic E-state index is 3.72. The minimum atomic E-state index is 0.662. The summed E-state index contributed by atoms with van der Waals surface area (Å²) >= 11 is 0. The van der Waals surface area contributed by atoms with Crippen LogP contribution in [0.15, 0.2) is 0 Å². The van der Waals surface area contributed by atoms with Crippen molar-refractivity contribution in [3.05, 3.63) is 0 Å². The predicted molar refractivity (Wildman–Crippen MR) is 74.3 cm³/mol. The van der Waals surface area contributed by atoms with Crippen LogP contribution in [0.4, 0.5) is 0 Å². The molecule has 0 amide bonds. The fourth-order valence-corrected chi connectivity index (χ4v) is 3.61.